The van der Waals surface area contributed by atoms with Gasteiger partial charge in [0.2, 0.25) is 0 Å². The molecule has 0 atom stereocenters. The molecule has 1 aromatic carbocycles. The normalized spacial score (nSPS) is 11.8. The summed E-state index contributed by atoms with van der Waals surface area (Å²) in [5.41, 5.74) is 2.93. The Morgan fingerprint density at radius 2 is 2.00 bits per heavy atom. The minimum Gasteiger partial charge on any atom is -0.319 e. The fourth-order valence-corrected chi connectivity index (χ4v) is 2.46. The van der Waals surface area contributed by atoms with E-state index >= 15 is 0 Å². The van der Waals surface area contributed by atoms with Crippen molar-refractivity contribution in [3.63, 3.8) is 0 Å². The number of hydrogen-bond acceptors (Lipinski definition) is 1. The van der Waals surface area contributed by atoms with Crippen molar-refractivity contribution in [1.29, 1.82) is 0 Å². The van der Waals surface area contributed by atoms with Gasteiger partial charge in [-0.2, -0.15) is 0 Å². The van der Waals surface area contributed by atoms with Crippen LogP contribution in [0.25, 0.3) is 0 Å². The molecule has 0 fully saturated rings. The molecule has 0 saturated heterocycles. The standard InChI is InChI=1S/C13H20BrN/c1-5-10-6-7-11(8-12(10)14)13(2,3)9-15-4/h6-8,15H,5,9H2,1-4H3. The molecule has 0 bridgehead atoms. The molecule has 1 rings (SSSR count). The second-order valence-corrected chi connectivity index (χ2v) is 5.43. The molecule has 0 unspecified atom stereocenters. The first-order valence-electron chi connectivity index (χ1n) is 5.44. The van der Waals surface area contributed by atoms with E-state index in [2.05, 4.69) is 60.2 Å². The van der Waals surface area contributed by atoms with Gasteiger partial charge in [0.15, 0.2) is 0 Å². The Morgan fingerprint density at radius 1 is 1.33 bits per heavy atom. The van der Waals surface area contributed by atoms with Gasteiger partial charge in [0, 0.05) is 16.4 Å². The van der Waals surface area contributed by atoms with E-state index in [1.165, 1.54) is 15.6 Å². The Morgan fingerprint density at radius 3 is 2.47 bits per heavy atom. The number of benzene rings is 1. The average molecular weight is 270 g/mol. The lowest BCUT2D eigenvalue weighted by atomic mass is 9.84. The van der Waals surface area contributed by atoms with Crippen molar-refractivity contribution in [3.05, 3.63) is 33.8 Å². The highest BCUT2D eigenvalue weighted by atomic mass is 79.9. The fraction of sp³-hybridized carbons (Fsp3) is 0.538. The van der Waals surface area contributed by atoms with Crippen LogP contribution < -0.4 is 5.32 Å². The van der Waals surface area contributed by atoms with Crippen molar-refractivity contribution in [3.8, 4) is 0 Å². The minimum atomic E-state index is 0.184. The van der Waals surface area contributed by atoms with Crippen LogP contribution in [0, 0.1) is 0 Å². The molecule has 1 N–H and O–H groups in total. The molecule has 1 nitrogen and oxygen atoms in total. The third-order valence-corrected chi connectivity index (χ3v) is 3.57. The molecule has 84 valence electrons. The lowest BCUT2D eigenvalue weighted by molar-refractivity contribution is 0.493. The second kappa shape index (κ2) is 5.13. The van der Waals surface area contributed by atoms with Crippen molar-refractivity contribution >= 4 is 15.9 Å². The lowest BCUT2D eigenvalue weighted by Gasteiger charge is -2.25. The van der Waals surface area contributed by atoms with E-state index in [1.54, 1.807) is 0 Å². The van der Waals surface area contributed by atoms with Crippen LogP contribution in [0.4, 0.5) is 0 Å². The molecule has 0 aromatic heterocycles. The number of nitrogens with one attached hydrogen (secondary N) is 1. The Balaban J connectivity index is 3.01. The molecule has 0 saturated carbocycles. The Hall–Kier alpha value is -0.340. The molecular weight excluding hydrogens is 250 g/mol. The van der Waals surface area contributed by atoms with Crippen LogP contribution in [-0.4, -0.2) is 13.6 Å². The molecule has 1 aromatic rings. The lowest BCUT2D eigenvalue weighted by Crippen LogP contribution is -2.30. The summed E-state index contributed by atoms with van der Waals surface area (Å²) in [6.07, 6.45) is 1.08. The summed E-state index contributed by atoms with van der Waals surface area (Å²) < 4.78 is 1.23. The monoisotopic (exact) mass is 269 g/mol. The first kappa shape index (κ1) is 12.7. The van der Waals surface area contributed by atoms with Gasteiger partial charge in [-0.1, -0.05) is 48.8 Å². The number of aryl methyl sites for hydroxylation is 1. The van der Waals surface area contributed by atoms with E-state index in [0.717, 1.165) is 13.0 Å². The third-order valence-electron chi connectivity index (χ3n) is 2.83. The molecule has 0 aliphatic rings. The number of halogens is 1. The van der Waals surface area contributed by atoms with Crippen LogP contribution in [-0.2, 0) is 11.8 Å². The molecule has 0 spiro atoms. The highest BCUT2D eigenvalue weighted by molar-refractivity contribution is 9.10. The van der Waals surface area contributed by atoms with E-state index in [0.29, 0.717) is 0 Å². The summed E-state index contributed by atoms with van der Waals surface area (Å²) in [7, 11) is 2.00. The van der Waals surface area contributed by atoms with Crippen molar-refractivity contribution in [2.24, 2.45) is 0 Å². The van der Waals surface area contributed by atoms with E-state index < -0.39 is 0 Å². The van der Waals surface area contributed by atoms with E-state index in [1.807, 2.05) is 7.05 Å². The van der Waals surface area contributed by atoms with Crippen molar-refractivity contribution in [2.45, 2.75) is 32.6 Å². The van der Waals surface area contributed by atoms with Gasteiger partial charge >= 0.3 is 0 Å². The van der Waals surface area contributed by atoms with Gasteiger partial charge in [-0.3, -0.25) is 0 Å². The van der Waals surface area contributed by atoms with Gasteiger partial charge in [0.1, 0.15) is 0 Å². The SMILES string of the molecule is CCc1ccc(C(C)(C)CNC)cc1Br. The fourth-order valence-electron chi connectivity index (χ4n) is 1.80. The van der Waals surface area contributed by atoms with Crippen LogP contribution in [0.5, 0.6) is 0 Å². The predicted molar refractivity (Wildman–Crippen MR) is 70.5 cm³/mol. The number of likely N-dealkylation sites (N-methyl/N-ethyl adjacent to an activating group) is 1. The van der Waals surface area contributed by atoms with Crippen molar-refractivity contribution in [1.82, 2.24) is 5.32 Å². The summed E-state index contributed by atoms with van der Waals surface area (Å²) >= 11 is 3.63. The highest BCUT2D eigenvalue weighted by Gasteiger charge is 2.19. The maximum Gasteiger partial charge on any atom is 0.0210 e. The molecule has 2 heteroatoms. The van der Waals surface area contributed by atoms with Crippen LogP contribution >= 0.6 is 15.9 Å². The quantitative estimate of drug-likeness (QED) is 0.882. The Labute approximate surface area is 101 Å². The molecule has 15 heavy (non-hydrogen) atoms. The minimum absolute atomic E-state index is 0.184. The second-order valence-electron chi connectivity index (χ2n) is 4.57. The molecule has 0 amide bonds. The maximum atomic E-state index is 3.63. The maximum absolute atomic E-state index is 3.63. The van der Waals surface area contributed by atoms with Crippen LogP contribution in [0.15, 0.2) is 22.7 Å². The summed E-state index contributed by atoms with van der Waals surface area (Å²) in [5, 5.41) is 3.24. The van der Waals surface area contributed by atoms with Gasteiger partial charge < -0.3 is 5.32 Å². The Kier molecular flexibility index (Phi) is 4.35. The average Bonchev–Trinajstić information content (AvgIpc) is 2.17. The first-order valence-corrected chi connectivity index (χ1v) is 6.24. The van der Waals surface area contributed by atoms with E-state index in [9.17, 15) is 0 Å². The van der Waals surface area contributed by atoms with Gasteiger partial charge in [0.05, 0.1) is 0 Å². The topological polar surface area (TPSA) is 12.0 Å². The smallest absolute Gasteiger partial charge is 0.0210 e. The van der Waals surface area contributed by atoms with Crippen LogP contribution in [0.1, 0.15) is 31.9 Å². The summed E-state index contributed by atoms with van der Waals surface area (Å²) in [6.45, 7) is 7.69. The van der Waals surface area contributed by atoms with Gasteiger partial charge in [-0.25, -0.2) is 0 Å². The molecule has 0 radical (unpaired) electrons. The number of hydrogen-bond donors (Lipinski definition) is 1. The Bertz CT molecular complexity index is 331. The van der Waals surface area contributed by atoms with Gasteiger partial charge in [0.25, 0.3) is 0 Å². The van der Waals surface area contributed by atoms with Crippen molar-refractivity contribution < 1.29 is 0 Å². The zero-order valence-corrected chi connectivity index (χ0v) is 11.6. The summed E-state index contributed by atoms with van der Waals surface area (Å²) in [5.74, 6) is 0. The van der Waals surface area contributed by atoms with Crippen LogP contribution in [0.2, 0.25) is 0 Å². The van der Waals surface area contributed by atoms with E-state index in [-0.39, 0.29) is 5.41 Å². The van der Waals surface area contributed by atoms with E-state index in [4.69, 9.17) is 0 Å². The van der Waals surface area contributed by atoms with Gasteiger partial charge in [-0.15, -0.1) is 0 Å². The number of rotatable bonds is 4. The summed E-state index contributed by atoms with van der Waals surface area (Å²) in [6, 6.07) is 6.70. The van der Waals surface area contributed by atoms with Crippen molar-refractivity contribution in [2.75, 3.05) is 13.6 Å². The molecule has 0 aliphatic heterocycles. The first-order chi connectivity index (χ1) is 7.01. The van der Waals surface area contributed by atoms with Gasteiger partial charge in [-0.05, 0) is 30.7 Å². The molecule has 0 heterocycles. The zero-order valence-electron chi connectivity index (χ0n) is 10.0. The third kappa shape index (κ3) is 3.05. The highest BCUT2D eigenvalue weighted by Crippen LogP contribution is 2.27. The molecule has 0 aliphatic carbocycles. The zero-order chi connectivity index (χ0) is 11.5. The van der Waals surface area contributed by atoms with Crippen LogP contribution in [0.3, 0.4) is 0 Å². The predicted octanol–water partition coefficient (Wildman–Crippen LogP) is 3.51. The summed E-state index contributed by atoms with van der Waals surface area (Å²) in [4.78, 5) is 0. The largest absolute Gasteiger partial charge is 0.319 e. The molecular formula is C13H20BrN.